The summed E-state index contributed by atoms with van der Waals surface area (Å²) in [6, 6.07) is 2.04. The van der Waals surface area contributed by atoms with Crippen molar-refractivity contribution in [3.8, 4) is 0 Å². The zero-order valence-corrected chi connectivity index (χ0v) is 15.9. The van der Waals surface area contributed by atoms with E-state index in [-0.39, 0.29) is 6.10 Å². The standard InChI is InChI=1S/C17H24N8O2/c1-12-8-13(2)25-16(19-12)14(9-18-25)10-23-4-7-27-15(11-23)17-20-21-22-24(17)5-6-26-3/h8-9,15H,4-7,10-11H2,1-3H3/t15-/m1/s1. The van der Waals surface area contributed by atoms with Crippen LogP contribution in [0.3, 0.4) is 0 Å². The van der Waals surface area contributed by atoms with Crippen LogP contribution in [0.5, 0.6) is 0 Å². The summed E-state index contributed by atoms with van der Waals surface area (Å²) in [4.78, 5) is 7.00. The molecule has 3 aromatic rings. The number of aromatic nitrogens is 7. The van der Waals surface area contributed by atoms with Crippen LogP contribution in [-0.4, -0.2) is 73.1 Å². The Labute approximate surface area is 157 Å². The van der Waals surface area contributed by atoms with Crippen LogP contribution in [0.15, 0.2) is 12.3 Å². The van der Waals surface area contributed by atoms with Crippen LogP contribution >= 0.6 is 0 Å². The monoisotopic (exact) mass is 372 g/mol. The molecule has 0 aromatic carbocycles. The highest BCUT2D eigenvalue weighted by molar-refractivity contribution is 5.47. The summed E-state index contributed by atoms with van der Waals surface area (Å²) >= 11 is 0. The van der Waals surface area contributed by atoms with Crippen molar-refractivity contribution >= 4 is 5.65 Å². The van der Waals surface area contributed by atoms with Crippen molar-refractivity contribution in [2.45, 2.75) is 33.0 Å². The molecule has 0 unspecified atom stereocenters. The van der Waals surface area contributed by atoms with Crippen LogP contribution in [0.25, 0.3) is 5.65 Å². The number of hydrogen-bond acceptors (Lipinski definition) is 8. The summed E-state index contributed by atoms with van der Waals surface area (Å²) in [5, 5.41) is 16.5. The Morgan fingerprint density at radius 3 is 3.07 bits per heavy atom. The van der Waals surface area contributed by atoms with Crippen LogP contribution in [0.1, 0.15) is 28.9 Å². The molecular weight excluding hydrogens is 348 g/mol. The van der Waals surface area contributed by atoms with E-state index < -0.39 is 0 Å². The summed E-state index contributed by atoms with van der Waals surface area (Å²) in [7, 11) is 1.66. The molecule has 10 heteroatoms. The number of tetrazole rings is 1. The first-order valence-corrected chi connectivity index (χ1v) is 9.05. The summed E-state index contributed by atoms with van der Waals surface area (Å²) in [5.41, 5.74) is 4.11. The second-order valence-electron chi connectivity index (χ2n) is 6.79. The summed E-state index contributed by atoms with van der Waals surface area (Å²) in [6.45, 7) is 8.17. The minimum Gasteiger partial charge on any atom is -0.383 e. The number of aryl methyl sites for hydroxylation is 2. The van der Waals surface area contributed by atoms with E-state index in [4.69, 9.17) is 9.47 Å². The maximum Gasteiger partial charge on any atom is 0.181 e. The second-order valence-corrected chi connectivity index (χ2v) is 6.79. The molecule has 0 aliphatic carbocycles. The normalized spacial score (nSPS) is 18.4. The van der Waals surface area contributed by atoms with Gasteiger partial charge in [0, 0.05) is 43.7 Å². The maximum absolute atomic E-state index is 5.94. The number of rotatable bonds is 6. The average Bonchev–Trinajstić information content (AvgIpc) is 3.28. The lowest BCUT2D eigenvalue weighted by Gasteiger charge is -2.31. The SMILES string of the molecule is COCCn1nnnc1[C@H]1CN(Cc2cnn3c(C)cc(C)nc23)CCO1. The highest BCUT2D eigenvalue weighted by Crippen LogP contribution is 2.22. The molecule has 144 valence electrons. The molecule has 4 rings (SSSR count). The van der Waals surface area contributed by atoms with Crippen molar-refractivity contribution in [1.82, 2.24) is 39.7 Å². The van der Waals surface area contributed by atoms with Crippen molar-refractivity contribution in [1.29, 1.82) is 0 Å². The highest BCUT2D eigenvalue weighted by Gasteiger charge is 2.27. The Kier molecular flexibility index (Phi) is 5.10. The van der Waals surface area contributed by atoms with E-state index in [1.165, 1.54) is 0 Å². The zero-order chi connectivity index (χ0) is 18.8. The Bertz CT molecular complexity index is 921. The molecule has 10 nitrogen and oxygen atoms in total. The smallest absolute Gasteiger partial charge is 0.181 e. The van der Waals surface area contributed by atoms with Gasteiger partial charge in [0.2, 0.25) is 0 Å². The lowest BCUT2D eigenvalue weighted by Crippen LogP contribution is -2.39. The van der Waals surface area contributed by atoms with Crippen molar-refractivity contribution in [2.24, 2.45) is 0 Å². The summed E-state index contributed by atoms with van der Waals surface area (Å²) in [5.74, 6) is 0.737. The fourth-order valence-electron chi connectivity index (χ4n) is 3.45. The summed E-state index contributed by atoms with van der Waals surface area (Å²) < 4.78 is 14.7. The molecular formula is C17H24N8O2. The van der Waals surface area contributed by atoms with Gasteiger partial charge in [-0.3, -0.25) is 4.90 Å². The Morgan fingerprint density at radius 1 is 1.33 bits per heavy atom. The number of hydrogen-bond donors (Lipinski definition) is 0. The van der Waals surface area contributed by atoms with Gasteiger partial charge in [-0.15, -0.1) is 5.10 Å². The van der Waals surface area contributed by atoms with Crippen molar-refractivity contribution in [3.63, 3.8) is 0 Å². The molecule has 0 saturated carbocycles. The topological polar surface area (TPSA) is 95.5 Å². The van der Waals surface area contributed by atoms with Gasteiger partial charge in [-0.1, -0.05) is 0 Å². The van der Waals surface area contributed by atoms with Gasteiger partial charge in [-0.05, 0) is 30.3 Å². The van der Waals surface area contributed by atoms with E-state index >= 15 is 0 Å². The molecule has 0 N–H and O–H groups in total. The van der Waals surface area contributed by atoms with Crippen LogP contribution in [0.4, 0.5) is 0 Å². The largest absolute Gasteiger partial charge is 0.383 e. The molecule has 1 fully saturated rings. The van der Waals surface area contributed by atoms with Gasteiger partial charge in [0.25, 0.3) is 0 Å². The molecule has 1 saturated heterocycles. The first-order valence-electron chi connectivity index (χ1n) is 9.05. The van der Waals surface area contributed by atoms with E-state index in [2.05, 4.69) is 30.5 Å². The molecule has 27 heavy (non-hydrogen) atoms. The number of ether oxygens (including phenoxy) is 2. The predicted molar refractivity (Wildman–Crippen MR) is 96.1 cm³/mol. The van der Waals surface area contributed by atoms with Crippen LogP contribution in [0.2, 0.25) is 0 Å². The van der Waals surface area contributed by atoms with Crippen LogP contribution in [0, 0.1) is 13.8 Å². The zero-order valence-electron chi connectivity index (χ0n) is 15.9. The lowest BCUT2D eigenvalue weighted by molar-refractivity contribution is -0.0395. The van der Waals surface area contributed by atoms with Crippen molar-refractivity contribution in [3.05, 3.63) is 35.0 Å². The Balaban J connectivity index is 1.50. The molecule has 1 aliphatic heterocycles. The second kappa shape index (κ2) is 7.67. The maximum atomic E-state index is 5.94. The fraction of sp³-hybridized carbons (Fsp3) is 0.588. The number of morpholine rings is 1. The first-order chi connectivity index (χ1) is 13.2. The molecule has 1 atom stereocenters. The van der Waals surface area contributed by atoms with E-state index in [0.717, 1.165) is 48.1 Å². The minimum absolute atomic E-state index is 0.163. The quantitative estimate of drug-likeness (QED) is 0.619. The molecule has 1 aliphatic rings. The fourth-order valence-corrected chi connectivity index (χ4v) is 3.45. The third kappa shape index (κ3) is 3.68. The van der Waals surface area contributed by atoms with E-state index in [9.17, 15) is 0 Å². The van der Waals surface area contributed by atoms with Crippen molar-refractivity contribution in [2.75, 3.05) is 33.4 Å². The minimum atomic E-state index is -0.163. The number of nitrogens with zero attached hydrogens (tertiary/aromatic N) is 8. The predicted octanol–water partition coefficient (Wildman–Crippen LogP) is 0.553. The van der Waals surface area contributed by atoms with Gasteiger partial charge < -0.3 is 9.47 Å². The van der Waals surface area contributed by atoms with Gasteiger partial charge in [-0.25, -0.2) is 14.2 Å². The molecule has 0 bridgehead atoms. The number of fused-ring (bicyclic) bond motifs is 1. The third-order valence-corrected chi connectivity index (χ3v) is 4.75. The molecule has 0 amide bonds. The van der Waals surface area contributed by atoms with Gasteiger partial charge >= 0.3 is 0 Å². The molecule has 0 radical (unpaired) electrons. The Hall–Kier alpha value is -2.43. The van der Waals surface area contributed by atoms with Gasteiger partial charge in [-0.2, -0.15) is 5.10 Å². The third-order valence-electron chi connectivity index (χ3n) is 4.75. The number of methoxy groups -OCH3 is 1. The van der Waals surface area contributed by atoms with Gasteiger partial charge in [0.15, 0.2) is 11.5 Å². The van der Waals surface area contributed by atoms with Crippen LogP contribution < -0.4 is 0 Å². The molecule has 0 spiro atoms. The highest BCUT2D eigenvalue weighted by atomic mass is 16.5. The van der Waals surface area contributed by atoms with E-state index in [1.807, 2.05) is 30.6 Å². The molecule has 4 heterocycles. The first kappa shape index (κ1) is 18.0. The average molecular weight is 372 g/mol. The Morgan fingerprint density at radius 2 is 2.22 bits per heavy atom. The van der Waals surface area contributed by atoms with Gasteiger partial charge in [0.1, 0.15) is 6.10 Å². The molecule has 3 aromatic heterocycles. The van der Waals surface area contributed by atoms with E-state index in [1.54, 1.807) is 11.8 Å². The van der Waals surface area contributed by atoms with E-state index in [0.29, 0.717) is 19.8 Å². The lowest BCUT2D eigenvalue weighted by atomic mass is 10.2. The summed E-state index contributed by atoms with van der Waals surface area (Å²) in [6.07, 6.45) is 1.74. The van der Waals surface area contributed by atoms with Gasteiger partial charge in [0.05, 0.1) is 26.0 Å². The van der Waals surface area contributed by atoms with Crippen LogP contribution in [-0.2, 0) is 22.6 Å². The van der Waals surface area contributed by atoms with Crippen molar-refractivity contribution < 1.29 is 9.47 Å².